The van der Waals surface area contributed by atoms with E-state index >= 15 is 0 Å². The maximum absolute atomic E-state index is 13.4. The molecular formula is C20H20N4O3S2. The van der Waals surface area contributed by atoms with Crippen LogP contribution in [0.15, 0.2) is 44.8 Å². The van der Waals surface area contributed by atoms with Crippen molar-refractivity contribution in [3.63, 3.8) is 0 Å². The normalized spacial score (nSPS) is 16.7. The molecule has 3 aromatic rings. The zero-order chi connectivity index (χ0) is 20.7. The lowest BCUT2D eigenvalue weighted by atomic mass is 10.0. The summed E-state index contributed by atoms with van der Waals surface area (Å²) in [5, 5.41) is 6.17. The van der Waals surface area contributed by atoms with Crippen LogP contribution in [0.3, 0.4) is 0 Å². The van der Waals surface area contributed by atoms with Crippen molar-refractivity contribution in [3.05, 3.63) is 70.8 Å². The highest BCUT2D eigenvalue weighted by atomic mass is 32.1. The number of fused-ring (bicyclic) bond motifs is 1. The van der Waals surface area contributed by atoms with Crippen molar-refractivity contribution in [3.8, 4) is 0 Å². The number of hydrogen-bond donors (Lipinski definition) is 0. The van der Waals surface area contributed by atoms with Gasteiger partial charge in [-0.05, 0) is 38.3 Å². The zero-order valence-corrected chi connectivity index (χ0v) is 18.1. The second-order valence-corrected chi connectivity index (χ2v) is 8.61. The molecule has 0 spiro atoms. The Morgan fingerprint density at radius 2 is 2.17 bits per heavy atom. The van der Waals surface area contributed by atoms with Crippen LogP contribution in [0.4, 0.5) is 0 Å². The van der Waals surface area contributed by atoms with Gasteiger partial charge < -0.3 is 4.74 Å². The van der Waals surface area contributed by atoms with E-state index in [2.05, 4.69) is 10.1 Å². The summed E-state index contributed by atoms with van der Waals surface area (Å²) in [6.45, 7) is 5.76. The number of thiazole rings is 1. The molecule has 0 radical (unpaired) electrons. The van der Waals surface area contributed by atoms with E-state index in [4.69, 9.17) is 4.74 Å². The predicted molar refractivity (Wildman–Crippen MR) is 113 cm³/mol. The van der Waals surface area contributed by atoms with E-state index < -0.39 is 12.0 Å². The lowest BCUT2D eigenvalue weighted by Crippen LogP contribution is -2.39. The van der Waals surface area contributed by atoms with Gasteiger partial charge in [0.15, 0.2) is 4.80 Å². The summed E-state index contributed by atoms with van der Waals surface area (Å²) in [6, 6.07) is 3.30. The summed E-state index contributed by atoms with van der Waals surface area (Å²) < 4.78 is 9.20. The summed E-state index contributed by atoms with van der Waals surface area (Å²) in [6.07, 6.45) is 3.57. The molecule has 0 saturated heterocycles. The van der Waals surface area contributed by atoms with Crippen molar-refractivity contribution < 1.29 is 9.53 Å². The monoisotopic (exact) mass is 428 g/mol. The number of allylic oxidation sites excluding steroid dienone is 1. The summed E-state index contributed by atoms with van der Waals surface area (Å²) in [5.41, 5.74) is 2.66. The summed E-state index contributed by atoms with van der Waals surface area (Å²) in [5.74, 6) is -0.440. The van der Waals surface area contributed by atoms with Gasteiger partial charge in [-0.2, -0.15) is 5.10 Å². The van der Waals surface area contributed by atoms with Crippen LogP contribution in [-0.2, 0) is 16.6 Å². The van der Waals surface area contributed by atoms with Crippen molar-refractivity contribution in [1.82, 2.24) is 14.3 Å². The van der Waals surface area contributed by atoms with Crippen LogP contribution < -0.4 is 14.9 Å². The van der Waals surface area contributed by atoms with E-state index in [1.54, 1.807) is 29.3 Å². The van der Waals surface area contributed by atoms with E-state index in [1.165, 1.54) is 22.7 Å². The maximum atomic E-state index is 13.4. The molecule has 0 aliphatic carbocycles. The third-order valence-electron chi connectivity index (χ3n) is 4.89. The van der Waals surface area contributed by atoms with Gasteiger partial charge in [0.2, 0.25) is 0 Å². The highest BCUT2D eigenvalue weighted by molar-refractivity contribution is 7.10. The first-order valence-electron chi connectivity index (χ1n) is 9.14. The Labute approximate surface area is 174 Å². The van der Waals surface area contributed by atoms with Gasteiger partial charge in [-0.15, -0.1) is 11.3 Å². The Hall–Kier alpha value is -2.78. The van der Waals surface area contributed by atoms with E-state index in [0.717, 1.165) is 16.1 Å². The lowest BCUT2D eigenvalue weighted by molar-refractivity contribution is -0.139. The number of rotatable bonds is 4. The zero-order valence-electron chi connectivity index (χ0n) is 16.5. The molecule has 0 saturated carbocycles. The standard InChI is InChI=1S/C20H20N4O3S2/c1-5-27-19(26)16-11(2)22-20-24(17(16)14-7-6-8-28-14)18(25)15(29-20)9-13-10-21-23(4)12(13)3/h6-10,17H,5H2,1-4H3. The van der Waals surface area contributed by atoms with E-state index in [1.807, 2.05) is 37.6 Å². The van der Waals surface area contributed by atoms with Gasteiger partial charge in [-0.1, -0.05) is 17.4 Å². The number of carbonyl (C=O) groups is 1. The number of carbonyl (C=O) groups excluding carboxylic acids is 1. The molecule has 0 amide bonds. The summed E-state index contributed by atoms with van der Waals surface area (Å²) >= 11 is 2.82. The first kappa shape index (κ1) is 19.5. The van der Waals surface area contributed by atoms with Gasteiger partial charge in [0.1, 0.15) is 6.04 Å². The Kier molecular flexibility index (Phi) is 5.10. The average molecular weight is 429 g/mol. The molecule has 0 N–H and O–H groups in total. The summed E-state index contributed by atoms with van der Waals surface area (Å²) in [4.78, 5) is 32.1. The van der Waals surface area contributed by atoms with Gasteiger partial charge in [0.05, 0.1) is 28.6 Å². The van der Waals surface area contributed by atoms with Gasteiger partial charge in [0.25, 0.3) is 5.56 Å². The number of thiophene rings is 1. The molecule has 9 heteroatoms. The molecule has 4 heterocycles. The number of esters is 1. The largest absolute Gasteiger partial charge is 0.463 e. The number of aryl methyl sites for hydroxylation is 1. The molecule has 0 aromatic carbocycles. The fourth-order valence-corrected chi connectivity index (χ4v) is 5.17. The van der Waals surface area contributed by atoms with Gasteiger partial charge in [-0.25, -0.2) is 9.79 Å². The molecule has 7 nitrogen and oxygen atoms in total. The van der Waals surface area contributed by atoms with Crippen molar-refractivity contribution in [2.24, 2.45) is 12.0 Å². The fourth-order valence-electron chi connectivity index (χ4n) is 3.31. The lowest BCUT2D eigenvalue weighted by Gasteiger charge is -2.23. The van der Waals surface area contributed by atoms with E-state index in [9.17, 15) is 9.59 Å². The van der Waals surface area contributed by atoms with Crippen molar-refractivity contribution in [1.29, 1.82) is 0 Å². The van der Waals surface area contributed by atoms with Crippen molar-refractivity contribution >= 4 is 34.7 Å². The van der Waals surface area contributed by atoms with Crippen LogP contribution in [0.25, 0.3) is 6.08 Å². The molecule has 150 valence electrons. The Bertz CT molecular complexity index is 1290. The number of hydrogen-bond acceptors (Lipinski definition) is 7. The third-order valence-corrected chi connectivity index (χ3v) is 6.80. The highest BCUT2D eigenvalue weighted by Gasteiger charge is 2.33. The number of ether oxygens (including phenoxy) is 1. The first-order valence-corrected chi connectivity index (χ1v) is 10.8. The minimum Gasteiger partial charge on any atom is -0.463 e. The SMILES string of the molecule is CCOC(=O)C1=C(C)N=c2sc(=Cc3cnn(C)c3C)c(=O)n2C1c1cccs1. The van der Waals surface area contributed by atoms with Gasteiger partial charge >= 0.3 is 5.97 Å². The number of aromatic nitrogens is 3. The van der Waals surface area contributed by atoms with Crippen LogP contribution in [0.2, 0.25) is 0 Å². The Morgan fingerprint density at radius 3 is 2.79 bits per heavy atom. The molecule has 3 aromatic heterocycles. The quantitative estimate of drug-likeness (QED) is 0.595. The van der Waals surface area contributed by atoms with Crippen molar-refractivity contribution in [2.45, 2.75) is 26.8 Å². The molecule has 1 atom stereocenters. The molecular weight excluding hydrogens is 408 g/mol. The highest BCUT2D eigenvalue weighted by Crippen LogP contribution is 2.33. The van der Waals surface area contributed by atoms with Crippen LogP contribution in [0.1, 0.15) is 36.0 Å². The van der Waals surface area contributed by atoms with Gasteiger partial charge in [-0.3, -0.25) is 14.0 Å². The minimum atomic E-state index is -0.539. The first-order chi connectivity index (χ1) is 13.9. The topological polar surface area (TPSA) is 78.5 Å². The average Bonchev–Trinajstić information content (AvgIpc) is 3.39. The molecule has 0 fully saturated rings. The molecule has 1 aliphatic heterocycles. The molecule has 4 rings (SSSR count). The molecule has 1 unspecified atom stereocenters. The second kappa shape index (κ2) is 7.57. The smallest absolute Gasteiger partial charge is 0.338 e. The Morgan fingerprint density at radius 1 is 1.38 bits per heavy atom. The van der Waals surface area contributed by atoms with Crippen LogP contribution in [0, 0.1) is 6.92 Å². The van der Waals surface area contributed by atoms with Gasteiger partial charge in [0, 0.05) is 23.2 Å². The maximum Gasteiger partial charge on any atom is 0.338 e. The molecule has 29 heavy (non-hydrogen) atoms. The molecule has 1 aliphatic rings. The van der Waals surface area contributed by atoms with Crippen LogP contribution >= 0.6 is 22.7 Å². The summed E-state index contributed by atoms with van der Waals surface area (Å²) in [7, 11) is 1.86. The third kappa shape index (κ3) is 3.30. The van der Waals surface area contributed by atoms with Crippen molar-refractivity contribution in [2.75, 3.05) is 6.61 Å². The van der Waals surface area contributed by atoms with E-state index in [0.29, 0.717) is 20.6 Å². The van der Waals surface area contributed by atoms with Crippen LogP contribution in [-0.4, -0.2) is 26.9 Å². The number of nitrogens with zero attached hydrogens (tertiary/aromatic N) is 4. The predicted octanol–water partition coefficient (Wildman–Crippen LogP) is 1.90. The van der Waals surface area contributed by atoms with E-state index in [-0.39, 0.29) is 12.2 Å². The molecule has 0 bridgehead atoms. The van der Waals surface area contributed by atoms with Crippen LogP contribution in [0.5, 0.6) is 0 Å². The Balaban J connectivity index is 1.96. The second-order valence-electron chi connectivity index (χ2n) is 6.63. The fraction of sp³-hybridized carbons (Fsp3) is 0.300. The minimum absolute atomic E-state index is 0.176.